The van der Waals surface area contributed by atoms with E-state index in [-0.39, 0.29) is 37.5 Å². The van der Waals surface area contributed by atoms with Crippen LogP contribution >= 0.6 is 0 Å². The van der Waals surface area contributed by atoms with E-state index < -0.39 is 47.5 Å². The normalized spacial score (nSPS) is 22.5. The van der Waals surface area contributed by atoms with E-state index in [4.69, 9.17) is 0 Å². The second-order valence-electron chi connectivity index (χ2n) is 8.99. The summed E-state index contributed by atoms with van der Waals surface area (Å²) in [5.74, 6) is -3.84. The Kier molecular flexibility index (Phi) is 6.15. The largest absolute Gasteiger partial charge is 0.295 e. The minimum absolute atomic E-state index is 0.129. The van der Waals surface area contributed by atoms with E-state index in [1.165, 1.54) is 0 Å². The van der Waals surface area contributed by atoms with Gasteiger partial charge in [0.15, 0.2) is 0 Å². The van der Waals surface area contributed by atoms with Gasteiger partial charge in [-0.1, -0.05) is 24.3 Å². The molecule has 0 aromatic heterocycles. The van der Waals surface area contributed by atoms with Crippen molar-refractivity contribution in [1.82, 2.24) is 20.4 Å². The molecule has 0 radical (unpaired) electrons. The monoisotopic (exact) mass is 516 g/mol. The van der Waals surface area contributed by atoms with Crippen molar-refractivity contribution < 1.29 is 38.4 Å². The van der Waals surface area contributed by atoms with E-state index in [0.29, 0.717) is 22.3 Å². The highest BCUT2D eigenvalue weighted by Gasteiger charge is 2.45. The van der Waals surface area contributed by atoms with Crippen molar-refractivity contribution in [3.8, 4) is 0 Å². The molecule has 2 fully saturated rings. The number of carbonyl (C=O) groups excluding carboxylic acids is 8. The molecule has 0 saturated carbocycles. The summed E-state index contributed by atoms with van der Waals surface area (Å²) >= 11 is 0. The van der Waals surface area contributed by atoms with Gasteiger partial charge in [-0.3, -0.25) is 58.8 Å². The fourth-order valence-electron chi connectivity index (χ4n) is 4.84. The number of benzene rings is 2. The predicted octanol–water partition coefficient (Wildman–Crippen LogP) is 0.176. The summed E-state index contributed by atoms with van der Waals surface area (Å²) < 4.78 is 0. The van der Waals surface area contributed by atoms with Gasteiger partial charge in [-0.2, -0.15) is 0 Å². The predicted molar refractivity (Wildman–Crippen MR) is 126 cm³/mol. The van der Waals surface area contributed by atoms with Gasteiger partial charge in [-0.05, 0) is 37.1 Å². The molecule has 2 N–H and O–H groups in total. The van der Waals surface area contributed by atoms with Crippen LogP contribution in [0.3, 0.4) is 0 Å². The third-order valence-electron chi connectivity index (χ3n) is 6.69. The first-order valence-corrected chi connectivity index (χ1v) is 11.8. The van der Waals surface area contributed by atoms with E-state index in [1.54, 1.807) is 48.5 Å². The smallest absolute Gasteiger partial charge is 0.262 e. The van der Waals surface area contributed by atoms with Gasteiger partial charge in [-0.15, -0.1) is 0 Å². The Morgan fingerprint density at radius 2 is 0.789 bits per heavy atom. The number of nitrogens with zero attached hydrogens (tertiary/aromatic N) is 2. The molecule has 0 spiro atoms. The van der Waals surface area contributed by atoms with Gasteiger partial charge in [0.2, 0.25) is 23.6 Å². The number of carbonyl (C=O) groups is 8. The zero-order valence-corrected chi connectivity index (χ0v) is 19.8. The van der Waals surface area contributed by atoms with Gasteiger partial charge >= 0.3 is 0 Å². The summed E-state index contributed by atoms with van der Waals surface area (Å²) in [5.41, 5.74) is 1.21. The first-order valence-electron chi connectivity index (χ1n) is 11.8. The standard InChI is InChI=1S/2C13H10N2O4/c2*16-10-6-5-9(11(17)14-10)15-12(18)7-3-1-2-4-8(7)13(15)19/h2*1-4,9H,5-6H2,(H,14,16,17)/t2*9-/m10/s1. The minimum Gasteiger partial charge on any atom is -0.295 e. The van der Waals surface area contributed by atoms with E-state index >= 15 is 0 Å². The van der Waals surface area contributed by atoms with Crippen LogP contribution in [0.25, 0.3) is 0 Å². The summed E-state index contributed by atoms with van der Waals surface area (Å²) in [6, 6.07) is 11.1. The zero-order chi connectivity index (χ0) is 27.1. The van der Waals surface area contributed by atoms with Gasteiger partial charge in [0.05, 0.1) is 22.3 Å². The molecule has 8 amide bonds. The summed E-state index contributed by atoms with van der Waals surface area (Å²) in [5, 5.41) is 4.30. The summed E-state index contributed by atoms with van der Waals surface area (Å²) in [4.78, 5) is 96.3. The molecule has 0 bridgehead atoms. The lowest BCUT2D eigenvalue weighted by Gasteiger charge is -2.27. The third kappa shape index (κ3) is 4.05. The number of rotatable bonds is 2. The molecule has 4 aliphatic rings. The molecule has 192 valence electrons. The molecule has 4 aliphatic heterocycles. The van der Waals surface area contributed by atoms with Gasteiger partial charge in [0, 0.05) is 12.8 Å². The average molecular weight is 516 g/mol. The van der Waals surface area contributed by atoms with Crippen LogP contribution in [0.4, 0.5) is 0 Å². The highest BCUT2D eigenvalue weighted by atomic mass is 16.2. The molecule has 0 unspecified atom stereocenters. The maximum absolute atomic E-state index is 12.2. The number of amides is 8. The minimum atomic E-state index is -0.898. The third-order valence-corrected chi connectivity index (χ3v) is 6.69. The van der Waals surface area contributed by atoms with Crippen molar-refractivity contribution in [2.45, 2.75) is 37.8 Å². The highest BCUT2D eigenvalue weighted by Crippen LogP contribution is 2.28. The number of nitrogens with one attached hydrogen (secondary N) is 2. The highest BCUT2D eigenvalue weighted by molar-refractivity contribution is 6.24. The van der Waals surface area contributed by atoms with E-state index in [0.717, 1.165) is 9.80 Å². The van der Waals surface area contributed by atoms with E-state index in [2.05, 4.69) is 10.6 Å². The molecule has 4 heterocycles. The summed E-state index contributed by atoms with van der Waals surface area (Å²) in [6.45, 7) is 0. The van der Waals surface area contributed by atoms with Crippen molar-refractivity contribution in [2.75, 3.05) is 0 Å². The van der Waals surface area contributed by atoms with Crippen LogP contribution in [0.15, 0.2) is 48.5 Å². The van der Waals surface area contributed by atoms with Crippen LogP contribution < -0.4 is 10.6 Å². The van der Waals surface area contributed by atoms with Crippen molar-refractivity contribution >= 4 is 47.3 Å². The Morgan fingerprint density at radius 3 is 1.05 bits per heavy atom. The fourth-order valence-corrected chi connectivity index (χ4v) is 4.84. The number of hydrogen-bond donors (Lipinski definition) is 2. The van der Waals surface area contributed by atoms with Gasteiger partial charge < -0.3 is 0 Å². The summed E-state index contributed by atoms with van der Waals surface area (Å²) in [7, 11) is 0. The lowest BCUT2D eigenvalue weighted by atomic mass is 10.0. The SMILES string of the molecule is O=C1CC[C@@H](N2C(=O)c3ccccc3C2=O)C(=O)N1.O=C1CC[C@H](N2C(=O)c3ccccc3C2=O)C(=O)N1. The first kappa shape index (κ1) is 24.7. The van der Waals surface area contributed by atoms with Crippen LogP contribution in [-0.4, -0.2) is 69.1 Å². The molecule has 38 heavy (non-hydrogen) atoms. The Morgan fingerprint density at radius 1 is 0.500 bits per heavy atom. The molecule has 2 atom stereocenters. The Labute approximate surface area is 214 Å². The maximum atomic E-state index is 12.2. The van der Waals surface area contributed by atoms with Crippen molar-refractivity contribution in [2.24, 2.45) is 0 Å². The lowest BCUT2D eigenvalue weighted by molar-refractivity contribution is -0.137. The van der Waals surface area contributed by atoms with E-state index in [9.17, 15) is 38.4 Å². The molecule has 12 heteroatoms. The topological polar surface area (TPSA) is 167 Å². The maximum Gasteiger partial charge on any atom is 0.262 e. The van der Waals surface area contributed by atoms with Crippen molar-refractivity contribution in [3.63, 3.8) is 0 Å². The van der Waals surface area contributed by atoms with Crippen molar-refractivity contribution in [3.05, 3.63) is 70.8 Å². The van der Waals surface area contributed by atoms with Crippen LogP contribution in [-0.2, 0) is 19.2 Å². The number of imide groups is 4. The van der Waals surface area contributed by atoms with Crippen LogP contribution in [0.5, 0.6) is 0 Å². The second-order valence-corrected chi connectivity index (χ2v) is 8.99. The molecule has 0 aliphatic carbocycles. The fraction of sp³-hybridized carbons (Fsp3) is 0.231. The quantitative estimate of drug-likeness (QED) is 0.533. The Hall–Kier alpha value is -5.00. The van der Waals surface area contributed by atoms with E-state index in [1.807, 2.05) is 0 Å². The Balaban J connectivity index is 0.000000155. The van der Waals surface area contributed by atoms with Crippen LogP contribution in [0.1, 0.15) is 67.1 Å². The number of hydrogen-bond acceptors (Lipinski definition) is 8. The molecular weight excluding hydrogens is 496 g/mol. The van der Waals surface area contributed by atoms with Crippen LogP contribution in [0, 0.1) is 0 Å². The zero-order valence-electron chi connectivity index (χ0n) is 19.8. The molecular formula is C26H20N4O8. The molecule has 6 rings (SSSR count). The van der Waals surface area contributed by atoms with Gasteiger partial charge in [0.1, 0.15) is 12.1 Å². The number of piperidine rings is 2. The Bertz CT molecular complexity index is 1290. The average Bonchev–Trinajstić information content (AvgIpc) is 3.30. The lowest BCUT2D eigenvalue weighted by Crippen LogP contribution is -2.54. The summed E-state index contributed by atoms with van der Waals surface area (Å²) in [6.07, 6.45) is 0.611. The molecule has 2 saturated heterocycles. The van der Waals surface area contributed by atoms with Crippen LogP contribution in [0.2, 0.25) is 0 Å². The number of fused-ring (bicyclic) bond motifs is 2. The van der Waals surface area contributed by atoms with Gasteiger partial charge in [0.25, 0.3) is 23.6 Å². The molecule has 12 nitrogen and oxygen atoms in total. The van der Waals surface area contributed by atoms with Gasteiger partial charge in [-0.25, -0.2) is 0 Å². The van der Waals surface area contributed by atoms with Crippen molar-refractivity contribution in [1.29, 1.82) is 0 Å². The molecule has 2 aromatic carbocycles. The molecule has 2 aromatic rings. The first-order chi connectivity index (χ1) is 18.2. The second kappa shape index (κ2) is 9.47.